The Morgan fingerprint density at radius 3 is 2.95 bits per heavy atom. The lowest BCUT2D eigenvalue weighted by Gasteiger charge is -2.33. The highest BCUT2D eigenvalue weighted by atomic mass is 32.2. The van der Waals surface area contributed by atoms with Crippen LogP contribution in [0.3, 0.4) is 0 Å². The van der Waals surface area contributed by atoms with Crippen molar-refractivity contribution in [3.05, 3.63) is 29.6 Å². The average Bonchev–Trinajstić information content (AvgIpc) is 2.49. The molecule has 4 heteroatoms. The first-order valence-corrected chi connectivity index (χ1v) is 9.12. The molecule has 0 aliphatic carbocycles. The molecule has 1 N–H and O–H groups in total. The van der Waals surface area contributed by atoms with Crippen molar-refractivity contribution >= 4 is 11.8 Å². The molecule has 2 aliphatic rings. The minimum atomic E-state index is -0.0623. The van der Waals surface area contributed by atoms with E-state index in [4.69, 9.17) is 0 Å². The maximum atomic E-state index is 13.9. The van der Waals surface area contributed by atoms with Crippen molar-refractivity contribution in [2.24, 2.45) is 0 Å². The second-order valence-electron chi connectivity index (χ2n) is 6.28. The lowest BCUT2D eigenvalue weighted by Crippen LogP contribution is -2.43. The molecule has 2 atom stereocenters. The van der Waals surface area contributed by atoms with Crippen molar-refractivity contribution in [2.75, 3.05) is 25.4 Å². The Morgan fingerprint density at radius 1 is 1.33 bits per heavy atom. The Balaban J connectivity index is 1.62. The van der Waals surface area contributed by atoms with Crippen molar-refractivity contribution in [3.8, 4) is 0 Å². The number of nitrogens with zero attached hydrogens (tertiary/aromatic N) is 1. The van der Waals surface area contributed by atoms with E-state index >= 15 is 0 Å². The molecule has 2 nitrogen and oxygen atoms in total. The third kappa shape index (κ3) is 3.79. The van der Waals surface area contributed by atoms with Crippen molar-refractivity contribution in [3.63, 3.8) is 0 Å². The molecule has 0 saturated carbocycles. The monoisotopic (exact) mass is 308 g/mol. The summed E-state index contributed by atoms with van der Waals surface area (Å²) in [7, 11) is 0. The maximum absolute atomic E-state index is 13.9. The fraction of sp³-hybridized carbons (Fsp3) is 0.647. The number of rotatable bonds is 4. The second kappa shape index (κ2) is 7.12. The summed E-state index contributed by atoms with van der Waals surface area (Å²) in [6.07, 6.45) is 5.14. The molecule has 3 rings (SSSR count). The molecule has 2 heterocycles. The van der Waals surface area contributed by atoms with Crippen LogP contribution in [0.15, 0.2) is 23.1 Å². The van der Waals surface area contributed by atoms with Crippen LogP contribution in [0.1, 0.15) is 44.2 Å². The highest BCUT2D eigenvalue weighted by Crippen LogP contribution is 2.37. The van der Waals surface area contributed by atoms with E-state index in [9.17, 15) is 4.39 Å². The molecule has 0 amide bonds. The van der Waals surface area contributed by atoms with Crippen LogP contribution in [0.5, 0.6) is 0 Å². The highest BCUT2D eigenvalue weighted by molar-refractivity contribution is 7.99. The number of likely N-dealkylation sites (tertiary alicyclic amines) is 1. The highest BCUT2D eigenvalue weighted by Gasteiger charge is 2.24. The number of hydrogen-bond donors (Lipinski definition) is 1. The maximum Gasteiger partial charge on any atom is 0.137 e. The standard InChI is InChI=1S/C17H25FN2S/c1-13(12-20-9-3-2-4-10-20)19-16-8-11-21-17-14(16)6-5-7-15(17)18/h5-7,13,16,19H,2-4,8-12H2,1H3. The van der Waals surface area contributed by atoms with E-state index in [2.05, 4.69) is 23.2 Å². The van der Waals surface area contributed by atoms with Crippen LogP contribution >= 0.6 is 11.8 Å². The van der Waals surface area contributed by atoms with Gasteiger partial charge in [-0.3, -0.25) is 0 Å². The lowest BCUT2D eigenvalue weighted by molar-refractivity contribution is 0.203. The lowest BCUT2D eigenvalue weighted by atomic mass is 10.0. The van der Waals surface area contributed by atoms with Gasteiger partial charge in [0.2, 0.25) is 0 Å². The van der Waals surface area contributed by atoms with Gasteiger partial charge in [-0.1, -0.05) is 18.6 Å². The molecule has 0 bridgehead atoms. The van der Waals surface area contributed by atoms with Gasteiger partial charge in [-0.15, -0.1) is 11.8 Å². The van der Waals surface area contributed by atoms with Crippen molar-refractivity contribution in [1.29, 1.82) is 0 Å². The van der Waals surface area contributed by atoms with E-state index in [1.165, 1.54) is 32.4 Å². The zero-order valence-electron chi connectivity index (χ0n) is 12.8. The molecular weight excluding hydrogens is 283 g/mol. The fourth-order valence-corrected chi connectivity index (χ4v) is 4.63. The molecule has 0 radical (unpaired) electrons. The predicted octanol–water partition coefficient (Wildman–Crippen LogP) is 3.83. The summed E-state index contributed by atoms with van der Waals surface area (Å²) in [5, 5.41) is 3.73. The third-order valence-electron chi connectivity index (χ3n) is 4.49. The first-order valence-electron chi connectivity index (χ1n) is 8.13. The number of piperidine rings is 1. The molecule has 21 heavy (non-hydrogen) atoms. The summed E-state index contributed by atoms with van der Waals surface area (Å²) in [5.74, 6) is 0.940. The van der Waals surface area contributed by atoms with Gasteiger partial charge in [0.15, 0.2) is 0 Å². The van der Waals surface area contributed by atoms with E-state index in [0.29, 0.717) is 12.1 Å². The SMILES string of the molecule is CC(CN1CCCCC1)NC1CCSc2c(F)cccc21. The minimum Gasteiger partial charge on any atom is -0.306 e. The molecule has 0 aromatic heterocycles. The number of halogens is 1. The van der Waals surface area contributed by atoms with Gasteiger partial charge in [-0.2, -0.15) is 0 Å². The molecule has 1 fully saturated rings. The first kappa shape index (κ1) is 15.3. The van der Waals surface area contributed by atoms with Gasteiger partial charge in [0.1, 0.15) is 5.82 Å². The van der Waals surface area contributed by atoms with Gasteiger partial charge in [-0.25, -0.2) is 4.39 Å². The normalized spacial score (nSPS) is 24.6. The summed E-state index contributed by atoms with van der Waals surface area (Å²) in [6.45, 7) is 5.83. The van der Waals surface area contributed by atoms with Crippen molar-refractivity contribution in [1.82, 2.24) is 10.2 Å². The molecule has 1 aromatic rings. The Bertz CT molecular complexity index is 474. The van der Waals surface area contributed by atoms with Gasteiger partial charge in [0, 0.05) is 23.5 Å². The van der Waals surface area contributed by atoms with Crippen LogP contribution in [0.4, 0.5) is 4.39 Å². The number of nitrogens with one attached hydrogen (secondary N) is 1. The number of hydrogen-bond acceptors (Lipinski definition) is 3. The molecule has 116 valence electrons. The molecule has 2 unspecified atom stereocenters. The molecule has 2 aliphatic heterocycles. The second-order valence-corrected chi connectivity index (χ2v) is 7.38. The number of benzene rings is 1. The first-order chi connectivity index (χ1) is 10.2. The van der Waals surface area contributed by atoms with Gasteiger partial charge in [0.05, 0.1) is 0 Å². The van der Waals surface area contributed by atoms with Crippen LogP contribution < -0.4 is 5.32 Å². The molecular formula is C17H25FN2S. The van der Waals surface area contributed by atoms with E-state index in [-0.39, 0.29) is 5.82 Å². The zero-order chi connectivity index (χ0) is 14.7. The van der Waals surface area contributed by atoms with E-state index in [0.717, 1.165) is 29.2 Å². The topological polar surface area (TPSA) is 15.3 Å². The van der Waals surface area contributed by atoms with Crippen LogP contribution in [0.2, 0.25) is 0 Å². The van der Waals surface area contributed by atoms with Crippen molar-refractivity contribution in [2.45, 2.75) is 49.6 Å². The van der Waals surface area contributed by atoms with Crippen LogP contribution in [-0.4, -0.2) is 36.3 Å². The van der Waals surface area contributed by atoms with Gasteiger partial charge < -0.3 is 10.2 Å². The summed E-state index contributed by atoms with van der Waals surface area (Å²) in [6, 6.07) is 6.25. The van der Waals surface area contributed by atoms with Crippen LogP contribution in [-0.2, 0) is 0 Å². The molecule has 0 spiro atoms. The van der Waals surface area contributed by atoms with E-state index in [1.807, 2.05) is 6.07 Å². The average molecular weight is 308 g/mol. The summed E-state index contributed by atoms with van der Waals surface area (Å²) in [4.78, 5) is 3.41. The van der Waals surface area contributed by atoms with Crippen LogP contribution in [0, 0.1) is 5.82 Å². The Kier molecular flexibility index (Phi) is 5.19. The van der Waals surface area contributed by atoms with Crippen molar-refractivity contribution < 1.29 is 4.39 Å². The largest absolute Gasteiger partial charge is 0.306 e. The summed E-state index contributed by atoms with van der Waals surface area (Å²) in [5.41, 5.74) is 1.15. The van der Waals surface area contributed by atoms with Gasteiger partial charge >= 0.3 is 0 Å². The molecule has 1 saturated heterocycles. The Hall–Kier alpha value is -0.580. The van der Waals surface area contributed by atoms with E-state index in [1.54, 1.807) is 17.8 Å². The summed E-state index contributed by atoms with van der Waals surface area (Å²) < 4.78 is 13.9. The zero-order valence-corrected chi connectivity index (χ0v) is 13.6. The quantitative estimate of drug-likeness (QED) is 0.910. The van der Waals surface area contributed by atoms with Crippen LogP contribution in [0.25, 0.3) is 0 Å². The number of thioether (sulfide) groups is 1. The van der Waals surface area contributed by atoms with E-state index < -0.39 is 0 Å². The Labute approximate surface area is 131 Å². The summed E-state index contributed by atoms with van der Waals surface area (Å²) >= 11 is 1.66. The smallest absolute Gasteiger partial charge is 0.137 e. The van der Waals surface area contributed by atoms with Gasteiger partial charge in [0.25, 0.3) is 0 Å². The third-order valence-corrected chi connectivity index (χ3v) is 5.65. The number of fused-ring (bicyclic) bond motifs is 1. The van der Waals surface area contributed by atoms with Gasteiger partial charge in [-0.05, 0) is 56.7 Å². The molecule has 1 aromatic carbocycles. The predicted molar refractivity (Wildman–Crippen MR) is 87.4 cm³/mol. The Morgan fingerprint density at radius 2 is 2.14 bits per heavy atom. The minimum absolute atomic E-state index is 0.0623. The fourth-order valence-electron chi connectivity index (χ4n) is 3.49.